The first-order valence-electron chi connectivity index (χ1n) is 7.71. The number of nitro groups is 1. The molecule has 3 rings (SSSR count). The normalized spacial score (nSPS) is 14.1. The summed E-state index contributed by atoms with van der Waals surface area (Å²) in [6.45, 7) is 1.92. The second-order valence-electron chi connectivity index (χ2n) is 5.88. The molecular weight excluding hydrogens is 292 g/mol. The summed E-state index contributed by atoms with van der Waals surface area (Å²) in [6.07, 6.45) is 3.41. The Hall–Kier alpha value is -2.69. The molecule has 0 saturated heterocycles. The number of amides is 1. The van der Waals surface area contributed by atoms with Gasteiger partial charge in [0.2, 0.25) is 0 Å². The Labute approximate surface area is 134 Å². The van der Waals surface area contributed by atoms with Gasteiger partial charge in [-0.1, -0.05) is 24.3 Å². The Morgan fingerprint density at radius 1 is 1.17 bits per heavy atom. The molecule has 0 aliphatic heterocycles. The number of carbonyl (C=O) groups excluding carboxylic acids is 1. The summed E-state index contributed by atoms with van der Waals surface area (Å²) >= 11 is 0. The number of hydrogen-bond donors (Lipinski definition) is 1. The Morgan fingerprint density at radius 3 is 2.74 bits per heavy atom. The van der Waals surface area contributed by atoms with Crippen molar-refractivity contribution in [2.45, 2.75) is 32.2 Å². The quantitative estimate of drug-likeness (QED) is 0.693. The van der Waals surface area contributed by atoms with E-state index >= 15 is 0 Å². The van der Waals surface area contributed by atoms with Crippen molar-refractivity contribution in [2.75, 3.05) is 0 Å². The maximum Gasteiger partial charge on any atom is 0.270 e. The molecule has 0 heterocycles. The molecule has 0 bridgehead atoms. The van der Waals surface area contributed by atoms with Gasteiger partial charge in [0, 0.05) is 17.7 Å². The van der Waals surface area contributed by atoms with Gasteiger partial charge in [-0.25, -0.2) is 0 Å². The largest absolute Gasteiger partial charge is 0.346 e. The van der Waals surface area contributed by atoms with Crippen LogP contribution in [-0.2, 0) is 12.8 Å². The number of rotatable bonds is 4. The third kappa shape index (κ3) is 3.23. The zero-order valence-electron chi connectivity index (χ0n) is 12.9. The van der Waals surface area contributed by atoms with Gasteiger partial charge in [-0.2, -0.15) is 0 Å². The van der Waals surface area contributed by atoms with Crippen molar-refractivity contribution in [3.8, 4) is 0 Å². The Balaban J connectivity index is 1.74. The van der Waals surface area contributed by atoms with Crippen LogP contribution in [0.25, 0.3) is 0 Å². The molecule has 0 unspecified atom stereocenters. The second-order valence-corrected chi connectivity index (χ2v) is 5.88. The molecule has 5 nitrogen and oxygen atoms in total. The van der Waals surface area contributed by atoms with Gasteiger partial charge in [-0.15, -0.1) is 0 Å². The molecule has 0 saturated carbocycles. The summed E-state index contributed by atoms with van der Waals surface area (Å²) in [5.41, 5.74) is 4.03. The maximum absolute atomic E-state index is 12.3. The molecule has 1 aliphatic rings. The van der Waals surface area contributed by atoms with Gasteiger partial charge < -0.3 is 5.32 Å². The zero-order valence-corrected chi connectivity index (χ0v) is 12.9. The van der Waals surface area contributed by atoms with Crippen LogP contribution in [-0.4, -0.2) is 10.8 Å². The van der Waals surface area contributed by atoms with Crippen molar-refractivity contribution >= 4 is 11.6 Å². The molecular formula is C18H18N2O3. The number of fused-ring (bicyclic) bond motifs is 1. The van der Waals surface area contributed by atoms with Gasteiger partial charge in [0.15, 0.2) is 0 Å². The number of aryl methyl sites for hydroxylation is 2. The molecule has 2 aromatic carbocycles. The van der Waals surface area contributed by atoms with Crippen LogP contribution in [0.15, 0.2) is 42.5 Å². The van der Waals surface area contributed by atoms with Gasteiger partial charge >= 0.3 is 0 Å². The lowest BCUT2D eigenvalue weighted by atomic mass is 10.0. The molecule has 1 atom stereocenters. The van der Waals surface area contributed by atoms with Gasteiger partial charge in [0.25, 0.3) is 11.6 Å². The van der Waals surface area contributed by atoms with E-state index in [0.717, 1.165) is 18.4 Å². The van der Waals surface area contributed by atoms with E-state index in [1.165, 1.54) is 35.7 Å². The maximum atomic E-state index is 12.3. The highest BCUT2D eigenvalue weighted by Crippen LogP contribution is 2.25. The minimum absolute atomic E-state index is 0.0807. The fraction of sp³-hybridized carbons (Fsp3) is 0.278. The van der Waals surface area contributed by atoms with Crippen LogP contribution in [0.5, 0.6) is 0 Å². The molecule has 2 aromatic rings. The number of nitrogens with zero attached hydrogens (tertiary/aromatic N) is 1. The number of nitrogens with one attached hydrogen (secondary N) is 1. The highest BCUT2D eigenvalue weighted by atomic mass is 16.6. The highest BCUT2D eigenvalue weighted by molar-refractivity contribution is 5.95. The van der Waals surface area contributed by atoms with Gasteiger partial charge in [0.1, 0.15) is 0 Å². The Morgan fingerprint density at radius 2 is 1.96 bits per heavy atom. The summed E-state index contributed by atoms with van der Waals surface area (Å²) in [6, 6.07) is 12.0. The average molecular weight is 310 g/mol. The van der Waals surface area contributed by atoms with Crippen molar-refractivity contribution in [1.82, 2.24) is 5.32 Å². The fourth-order valence-electron chi connectivity index (χ4n) is 2.99. The molecule has 5 heteroatoms. The van der Waals surface area contributed by atoms with Gasteiger partial charge in [-0.05, 0) is 48.9 Å². The number of non-ortho nitro benzene ring substituents is 1. The van der Waals surface area contributed by atoms with Crippen LogP contribution in [0, 0.1) is 10.1 Å². The van der Waals surface area contributed by atoms with E-state index in [0.29, 0.717) is 5.56 Å². The molecule has 0 fully saturated rings. The molecule has 0 aromatic heterocycles. The van der Waals surface area contributed by atoms with Crippen LogP contribution in [0.2, 0.25) is 0 Å². The number of carbonyl (C=O) groups is 1. The van der Waals surface area contributed by atoms with Crippen molar-refractivity contribution < 1.29 is 9.72 Å². The predicted molar refractivity (Wildman–Crippen MR) is 87.4 cm³/mol. The van der Waals surface area contributed by atoms with E-state index in [4.69, 9.17) is 0 Å². The van der Waals surface area contributed by atoms with Crippen molar-refractivity contribution in [3.63, 3.8) is 0 Å². The topological polar surface area (TPSA) is 72.2 Å². The first-order chi connectivity index (χ1) is 11.0. The second kappa shape index (κ2) is 6.20. The predicted octanol–water partition coefficient (Wildman–Crippen LogP) is 3.57. The highest BCUT2D eigenvalue weighted by Gasteiger charge is 2.17. The molecule has 118 valence electrons. The third-order valence-corrected chi connectivity index (χ3v) is 4.29. The third-order valence-electron chi connectivity index (χ3n) is 4.29. The van der Waals surface area contributed by atoms with E-state index in [1.54, 1.807) is 6.07 Å². The lowest BCUT2D eigenvalue weighted by molar-refractivity contribution is -0.384. The smallest absolute Gasteiger partial charge is 0.270 e. The standard InChI is InChI=1S/C18H18N2O3/c1-12(14-9-8-13-4-2-5-15(13)10-14)19-18(21)16-6-3-7-17(11-16)20(22)23/h3,6-12H,2,4-5H2,1H3,(H,19,21)/t12-/m0/s1. The van der Waals surface area contributed by atoms with Crippen LogP contribution in [0.1, 0.15) is 46.4 Å². The zero-order chi connectivity index (χ0) is 16.4. The van der Waals surface area contributed by atoms with Gasteiger partial charge in [0.05, 0.1) is 11.0 Å². The van der Waals surface area contributed by atoms with E-state index in [1.807, 2.05) is 13.0 Å². The van der Waals surface area contributed by atoms with Crippen molar-refractivity contribution in [3.05, 3.63) is 74.8 Å². The first kappa shape index (κ1) is 15.2. The Kier molecular flexibility index (Phi) is 4.10. The van der Waals surface area contributed by atoms with Crippen LogP contribution >= 0.6 is 0 Å². The summed E-state index contributed by atoms with van der Waals surface area (Å²) in [7, 11) is 0. The summed E-state index contributed by atoms with van der Waals surface area (Å²) in [5, 5.41) is 13.7. The van der Waals surface area contributed by atoms with E-state index < -0.39 is 4.92 Å². The fourth-order valence-corrected chi connectivity index (χ4v) is 2.99. The number of benzene rings is 2. The first-order valence-corrected chi connectivity index (χ1v) is 7.71. The average Bonchev–Trinajstić information content (AvgIpc) is 3.02. The van der Waals surface area contributed by atoms with E-state index in [9.17, 15) is 14.9 Å². The minimum Gasteiger partial charge on any atom is -0.346 e. The molecule has 23 heavy (non-hydrogen) atoms. The van der Waals surface area contributed by atoms with Crippen molar-refractivity contribution in [1.29, 1.82) is 0 Å². The Bertz CT molecular complexity index is 771. The summed E-state index contributed by atoms with van der Waals surface area (Å²) < 4.78 is 0. The molecule has 0 radical (unpaired) electrons. The molecule has 1 amide bonds. The van der Waals surface area contributed by atoms with E-state index in [2.05, 4.69) is 17.4 Å². The lowest BCUT2D eigenvalue weighted by Crippen LogP contribution is -2.26. The van der Waals surface area contributed by atoms with Crippen LogP contribution in [0.4, 0.5) is 5.69 Å². The summed E-state index contributed by atoms with van der Waals surface area (Å²) in [5.74, 6) is -0.304. The van der Waals surface area contributed by atoms with Gasteiger partial charge in [-0.3, -0.25) is 14.9 Å². The summed E-state index contributed by atoms with van der Waals surface area (Å²) in [4.78, 5) is 22.6. The lowest BCUT2D eigenvalue weighted by Gasteiger charge is -2.15. The monoisotopic (exact) mass is 310 g/mol. The number of nitro benzene ring substituents is 1. The molecule has 1 aliphatic carbocycles. The van der Waals surface area contributed by atoms with Crippen LogP contribution in [0.3, 0.4) is 0 Å². The SMILES string of the molecule is C[C@H](NC(=O)c1cccc([N+](=O)[O-])c1)c1ccc2c(c1)CCC2. The van der Waals surface area contributed by atoms with Crippen LogP contribution < -0.4 is 5.32 Å². The number of hydrogen-bond acceptors (Lipinski definition) is 3. The van der Waals surface area contributed by atoms with E-state index in [-0.39, 0.29) is 17.6 Å². The molecule has 0 spiro atoms. The molecule has 1 N–H and O–H groups in total. The van der Waals surface area contributed by atoms with Crippen molar-refractivity contribution in [2.24, 2.45) is 0 Å². The minimum atomic E-state index is -0.499.